The van der Waals surface area contributed by atoms with Gasteiger partial charge in [-0.15, -0.1) is 0 Å². The van der Waals surface area contributed by atoms with E-state index in [1.165, 1.54) is 45.1 Å². The normalized spacial score (nSPS) is 41.4. The van der Waals surface area contributed by atoms with Gasteiger partial charge in [0.2, 0.25) is 0 Å². The highest BCUT2D eigenvalue weighted by atomic mass is 15.0. The summed E-state index contributed by atoms with van der Waals surface area (Å²) in [7, 11) is 0. The molecule has 1 aliphatic heterocycles. The van der Waals surface area contributed by atoms with Crippen molar-refractivity contribution in [1.29, 1.82) is 0 Å². The molecule has 0 aromatic rings. The Bertz CT molecular complexity index is 295. The minimum absolute atomic E-state index is 0.337. The molecule has 2 rings (SSSR count). The highest BCUT2D eigenvalue weighted by Crippen LogP contribution is 2.39. The van der Waals surface area contributed by atoms with Crippen molar-refractivity contribution in [2.24, 2.45) is 11.3 Å². The van der Waals surface area contributed by atoms with Crippen molar-refractivity contribution in [1.82, 2.24) is 5.32 Å². The van der Waals surface area contributed by atoms with Gasteiger partial charge in [0.25, 0.3) is 0 Å². The second kappa shape index (κ2) is 4.76. The number of allylic oxidation sites excluding steroid dienone is 1. The fraction of sp³-hybridized carbons (Fsp3) is 0.875. The zero-order chi connectivity index (χ0) is 12.5. The third-order valence-electron chi connectivity index (χ3n) is 4.61. The van der Waals surface area contributed by atoms with Crippen LogP contribution < -0.4 is 5.32 Å². The maximum absolute atomic E-state index is 3.78. The smallest absolute Gasteiger partial charge is 0.0369 e. The molecule has 1 spiro atoms. The Kier molecular flexibility index (Phi) is 3.68. The Balaban J connectivity index is 2.20. The van der Waals surface area contributed by atoms with Crippen LogP contribution in [-0.4, -0.2) is 12.1 Å². The summed E-state index contributed by atoms with van der Waals surface area (Å²) in [6.45, 7) is 10.9. The molecule has 2 unspecified atom stereocenters. The van der Waals surface area contributed by atoms with Crippen molar-refractivity contribution in [2.75, 3.05) is 6.54 Å². The first kappa shape index (κ1) is 13.1. The van der Waals surface area contributed by atoms with E-state index in [0.29, 0.717) is 11.0 Å². The molecule has 2 atom stereocenters. The van der Waals surface area contributed by atoms with E-state index in [1.54, 1.807) is 5.57 Å². The number of rotatable bonds is 0. The van der Waals surface area contributed by atoms with Crippen molar-refractivity contribution >= 4 is 0 Å². The molecule has 1 aliphatic carbocycles. The summed E-state index contributed by atoms with van der Waals surface area (Å²) >= 11 is 0. The molecule has 17 heavy (non-hydrogen) atoms. The van der Waals surface area contributed by atoms with E-state index in [4.69, 9.17) is 0 Å². The van der Waals surface area contributed by atoms with E-state index < -0.39 is 0 Å². The summed E-state index contributed by atoms with van der Waals surface area (Å²) in [5.74, 6) is 0.831. The van der Waals surface area contributed by atoms with Gasteiger partial charge in [-0.05, 0) is 63.3 Å². The fourth-order valence-electron chi connectivity index (χ4n) is 4.00. The van der Waals surface area contributed by atoms with Crippen LogP contribution in [0.2, 0.25) is 0 Å². The summed E-state index contributed by atoms with van der Waals surface area (Å²) in [5, 5.41) is 3.78. The van der Waals surface area contributed by atoms with Crippen LogP contribution in [0.3, 0.4) is 0 Å². The quantitative estimate of drug-likeness (QED) is 0.618. The highest BCUT2D eigenvalue weighted by Gasteiger charge is 2.35. The van der Waals surface area contributed by atoms with E-state index in [1.807, 2.05) is 0 Å². The third kappa shape index (κ3) is 3.34. The monoisotopic (exact) mass is 235 g/mol. The fourth-order valence-corrected chi connectivity index (χ4v) is 4.00. The molecule has 0 aromatic carbocycles. The number of hydrogen-bond donors (Lipinski definition) is 1. The summed E-state index contributed by atoms with van der Waals surface area (Å²) in [6.07, 6.45) is 10.6. The Hall–Kier alpha value is -0.300. The highest BCUT2D eigenvalue weighted by molar-refractivity contribution is 5.16. The van der Waals surface area contributed by atoms with E-state index in [9.17, 15) is 0 Å². The molecule has 0 amide bonds. The standard InChI is InChI=1S/C16H29N/c1-13-6-8-15(3,4)10-14(2)12-16(11-13)7-5-9-17-16/h11,14,17H,5-10,12H2,1-4H3/b13-11-. The maximum atomic E-state index is 3.78. The van der Waals surface area contributed by atoms with Gasteiger partial charge < -0.3 is 5.32 Å². The Morgan fingerprint density at radius 1 is 1.24 bits per heavy atom. The van der Waals surface area contributed by atoms with Gasteiger partial charge in [0.05, 0.1) is 0 Å². The van der Waals surface area contributed by atoms with Crippen molar-refractivity contribution in [3.05, 3.63) is 11.6 Å². The van der Waals surface area contributed by atoms with Gasteiger partial charge in [-0.25, -0.2) is 0 Å². The topological polar surface area (TPSA) is 12.0 Å². The molecular formula is C16H29N. The van der Waals surface area contributed by atoms with E-state index in [0.717, 1.165) is 5.92 Å². The summed E-state index contributed by atoms with van der Waals surface area (Å²) in [6, 6.07) is 0. The first-order chi connectivity index (χ1) is 7.91. The van der Waals surface area contributed by atoms with Gasteiger partial charge in [-0.2, -0.15) is 0 Å². The zero-order valence-corrected chi connectivity index (χ0v) is 12.1. The molecule has 1 saturated heterocycles. The van der Waals surface area contributed by atoms with E-state index >= 15 is 0 Å². The van der Waals surface area contributed by atoms with Gasteiger partial charge in [0.1, 0.15) is 0 Å². The molecule has 0 saturated carbocycles. The SMILES string of the molecule is C/C1=C/C2(CCCN2)CC(C)CC(C)(C)CC1. The second-order valence-electron chi connectivity index (χ2n) is 7.35. The molecule has 1 N–H and O–H groups in total. The lowest BCUT2D eigenvalue weighted by atomic mass is 9.77. The van der Waals surface area contributed by atoms with Gasteiger partial charge in [-0.3, -0.25) is 0 Å². The first-order valence-corrected chi connectivity index (χ1v) is 7.34. The van der Waals surface area contributed by atoms with Crippen molar-refractivity contribution in [3.63, 3.8) is 0 Å². The van der Waals surface area contributed by atoms with Crippen LogP contribution in [-0.2, 0) is 0 Å². The lowest BCUT2D eigenvalue weighted by Crippen LogP contribution is -2.39. The molecule has 98 valence electrons. The minimum atomic E-state index is 0.337. The molecule has 2 aliphatic rings. The molecule has 1 nitrogen and oxygen atoms in total. The third-order valence-corrected chi connectivity index (χ3v) is 4.61. The minimum Gasteiger partial charge on any atom is -0.308 e. The number of hydrogen-bond acceptors (Lipinski definition) is 1. The number of nitrogens with one attached hydrogen (secondary N) is 1. The largest absolute Gasteiger partial charge is 0.308 e. The summed E-state index contributed by atoms with van der Waals surface area (Å²) < 4.78 is 0. The Morgan fingerprint density at radius 3 is 2.65 bits per heavy atom. The van der Waals surface area contributed by atoms with Crippen molar-refractivity contribution < 1.29 is 0 Å². The van der Waals surface area contributed by atoms with Crippen molar-refractivity contribution in [3.8, 4) is 0 Å². The van der Waals surface area contributed by atoms with Gasteiger partial charge in [0.15, 0.2) is 0 Å². The molecule has 1 heteroatoms. The van der Waals surface area contributed by atoms with Crippen LogP contribution in [0.4, 0.5) is 0 Å². The van der Waals surface area contributed by atoms with Gasteiger partial charge in [0, 0.05) is 5.54 Å². The maximum Gasteiger partial charge on any atom is 0.0369 e. The molecule has 1 heterocycles. The Morgan fingerprint density at radius 2 is 2.00 bits per heavy atom. The van der Waals surface area contributed by atoms with E-state index in [2.05, 4.69) is 39.1 Å². The van der Waals surface area contributed by atoms with E-state index in [-0.39, 0.29) is 0 Å². The zero-order valence-electron chi connectivity index (χ0n) is 12.1. The second-order valence-corrected chi connectivity index (χ2v) is 7.35. The van der Waals surface area contributed by atoms with Gasteiger partial charge in [-0.1, -0.05) is 32.4 Å². The van der Waals surface area contributed by atoms with Crippen LogP contribution in [0.5, 0.6) is 0 Å². The van der Waals surface area contributed by atoms with Crippen LogP contribution in [0.25, 0.3) is 0 Å². The lowest BCUT2D eigenvalue weighted by Gasteiger charge is -2.32. The lowest BCUT2D eigenvalue weighted by molar-refractivity contribution is 0.231. The van der Waals surface area contributed by atoms with Crippen molar-refractivity contribution in [2.45, 2.75) is 71.8 Å². The molecule has 1 fully saturated rings. The average molecular weight is 235 g/mol. The molecule has 0 radical (unpaired) electrons. The van der Waals surface area contributed by atoms with Crippen LogP contribution >= 0.6 is 0 Å². The molecular weight excluding hydrogens is 206 g/mol. The molecule has 0 bridgehead atoms. The van der Waals surface area contributed by atoms with Crippen LogP contribution in [0.1, 0.15) is 66.2 Å². The van der Waals surface area contributed by atoms with Crippen LogP contribution in [0.15, 0.2) is 11.6 Å². The Labute approximate surface area is 107 Å². The predicted molar refractivity (Wildman–Crippen MR) is 75.1 cm³/mol. The predicted octanol–water partition coefficient (Wildman–Crippen LogP) is 4.29. The van der Waals surface area contributed by atoms with Crippen LogP contribution in [0, 0.1) is 11.3 Å². The molecule has 0 aromatic heterocycles. The summed E-state index contributed by atoms with van der Waals surface area (Å²) in [5.41, 5.74) is 2.45. The average Bonchev–Trinajstić information content (AvgIpc) is 2.62. The summed E-state index contributed by atoms with van der Waals surface area (Å²) in [4.78, 5) is 0. The first-order valence-electron chi connectivity index (χ1n) is 7.34. The van der Waals surface area contributed by atoms with Gasteiger partial charge >= 0.3 is 0 Å².